The summed E-state index contributed by atoms with van der Waals surface area (Å²) in [6.45, 7) is 5.35. The van der Waals surface area contributed by atoms with Gasteiger partial charge < -0.3 is 4.90 Å². The first-order valence-corrected chi connectivity index (χ1v) is 7.12. The van der Waals surface area contributed by atoms with Gasteiger partial charge in [0.15, 0.2) is 0 Å². The Bertz CT molecular complexity index is 271. The lowest BCUT2D eigenvalue weighted by molar-refractivity contribution is 0.135. The van der Waals surface area contributed by atoms with Crippen molar-refractivity contribution in [2.45, 2.75) is 19.8 Å². The van der Waals surface area contributed by atoms with E-state index in [1.54, 1.807) is 5.01 Å². The molecule has 1 fully saturated rings. The molecule has 5 nitrogen and oxygen atoms in total. The van der Waals surface area contributed by atoms with E-state index in [0.717, 1.165) is 39.0 Å². The summed E-state index contributed by atoms with van der Waals surface area (Å²) in [7, 11) is -1.06. The van der Waals surface area contributed by atoms with E-state index < -0.39 is 10.0 Å². The minimum absolute atomic E-state index is 0.232. The van der Waals surface area contributed by atoms with Crippen LogP contribution in [0.1, 0.15) is 19.8 Å². The molecule has 0 aromatic carbocycles. The van der Waals surface area contributed by atoms with Gasteiger partial charge in [-0.15, -0.1) is 4.83 Å². The summed E-state index contributed by atoms with van der Waals surface area (Å²) in [5.41, 5.74) is 0. The van der Waals surface area contributed by atoms with Crippen LogP contribution in [-0.4, -0.2) is 57.3 Å². The maximum atomic E-state index is 11.6. The van der Waals surface area contributed by atoms with Crippen molar-refractivity contribution in [2.24, 2.45) is 0 Å². The molecule has 1 heterocycles. The number of sulfonamides is 1. The van der Waals surface area contributed by atoms with Crippen LogP contribution in [0.2, 0.25) is 0 Å². The Labute approximate surface area is 92.5 Å². The lowest BCUT2D eigenvalue weighted by atomic mass is 10.4. The number of likely N-dealkylation sites (N-methyl/N-ethyl adjacent to an activating group) is 1. The summed E-state index contributed by atoms with van der Waals surface area (Å²) in [4.78, 5) is 4.82. The summed E-state index contributed by atoms with van der Waals surface area (Å²) in [6, 6.07) is 0. The van der Waals surface area contributed by atoms with Crippen molar-refractivity contribution >= 4 is 10.0 Å². The first kappa shape index (κ1) is 12.9. The number of hydrazine groups is 1. The van der Waals surface area contributed by atoms with Gasteiger partial charge in [0.1, 0.15) is 0 Å². The second-order valence-corrected chi connectivity index (χ2v) is 5.87. The number of hydrogen-bond acceptors (Lipinski definition) is 4. The van der Waals surface area contributed by atoms with Crippen LogP contribution in [0.4, 0.5) is 0 Å². The van der Waals surface area contributed by atoms with Crippen molar-refractivity contribution in [3.63, 3.8) is 0 Å². The Balaban J connectivity index is 2.34. The lowest BCUT2D eigenvalue weighted by Gasteiger charge is -2.32. The van der Waals surface area contributed by atoms with Gasteiger partial charge in [0.2, 0.25) is 10.0 Å². The third-order valence-electron chi connectivity index (χ3n) is 2.54. The largest absolute Gasteiger partial charge is 0.304 e. The summed E-state index contributed by atoms with van der Waals surface area (Å²) in [5, 5.41) is 1.80. The summed E-state index contributed by atoms with van der Waals surface area (Å²) >= 11 is 0. The van der Waals surface area contributed by atoms with E-state index in [2.05, 4.69) is 9.73 Å². The zero-order valence-electron chi connectivity index (χ0n) is 9.57. The van der Waals surface area contributed by atoms with Crippen LogP contribution in [0.5, 0.6) is 0 Å². The molecule has 1 N–H and O–H groups in total. The van der Waals surface area contributed by atoms with Crippen molar-refractivity contribution in [1.82, 2.24) is 14.7 Å². The van der Waals surface area contributed by atoms with Gasteiger partial charge in [0, 0.05) is 26.2 Å². The van der Waals surface area contributed by atoms with E-state index >= 15 is 0 Å². The van der Waals surface area contributed by atoms with Crippen LogP contribution in [0.3, 0.4) is 0 Å². The summed E-state index contributed by atoms with van der Waals surface area (Å²) < 4.78 is 23.1. The van der Waals surface area contributed by atoms with Gasteiger partial charge in [-0.2, -0.15) is 0 Å². The fourth-order valence-corrected chi connectivity index (χ4v) is 2.81. The van der Waals surface area contributed by atoms with E-state index in [0.29, 0.717) is 0 Å². The zero-order chi connectivity index (χ0) is 11.3. The molecule has 0 atom stereocenters. The van der Waals surface area contributed by atoms with Gasteiger partial charge in [-0.05, 0) is 13.5 Å². The molecule has 1 saturated heterocycles. The molecule has 15 heavy (non-hydrogen) atoms. The van der Waals surface area contributed by atoms with Crippen molar-refractivity contribution in [1.29, 1.82) is 0 Å². The van der Waals surface area contributed by atoms with Crippen LogP contribution in [0.15, 0.2) is 0 Å². The fourth-order valence-electron chi connectivity index (χ4n) is 1.47. The highest BCUT2D eigenvalue weighted by Gasteiger charge is 2.18. The maximum Gasteiger partial charge on any atom is 0.224 e. The highest BCUT2D eigenvalue weighted by atomic mass is 32.2. The average Bonchev–Trinajstić information content (AvgIpc) is 2.18. The van der Waals surface area contributed by atoms with Crippen LogP contribution in [0, 0.1) is 0 Å². The molecule has 0 saturated carbocycles. The van der Waals surface area contributed by atoms with Gasteiger partial charge >= 0.3 is 0 Å². The number of nitrogens with one attached hydrogen (secondary N) is 1. The first-order valence-electron chi connectivity index (χ1n) is 5.47. The standard InChI is InChI=1S/C9H21N3O2S/c1-3-4-9-15(13,14)10-12-7-5-11(2)6-8-12/h10H,3-9H2,1-2H3. The molecule has 0 amide bonds. The maximum absolute atomic E-state index is 11.6. The number of rotatable bonds is 5. The van der Waals surface area contributed by atoms with Gasteiger partial charge in [0.05, 0.1) is 5.75 Å². The minimum Gasteiger partial charge on any atom is -0.304 e. The van der Waals surface area contributed by atoms with Crippen molar-refractivity contribution < 1.29 is 8.42 Å². The summed E-state index contributed by atoms with van der Waals surface area (Å²) in [5.74, 6) is 0.232. The van der Waals surface area contributed by atoms with Gasteiger partial charge in [-0.1, -0.05) is 13.3 Å². The third-order valence-corrected chi connectivity index (χ3v) is 3.90. The normalized spacial score (nSPS) is 20.7. The number of piperazine rings is 1. The monoisotopic (exact) mass is 235 g/mol. The van der Waals surface area contributed by atoms with Crippen molar-refractivity contribution in [3.05, 3.63) is 0 Å². The Morgan fingerprint density at radius 2 is 1.80 bits per heavy atom. The second-order valence-electron chi connectivity index (χ2n) is 4.05. The molecular weight excluding hydrogens is 214 g/mol. The molecule has 0 aliphatic carbocycles. The molecule has 6 heteroatoms. The predicted molar refractivity (Wildman–Crippen MR) is 60.9 cm³/mol. The van der Waals surface area contributed by atoms with Gasteiger partial charge in [-0.25, -0.2) is 13.4 Å². The van der Waals surface area contributed by atoms with Crippen LogP contribution >= 0.6 is 0 Å². The molecule has 1 rings (SSSR count). The Morgan fingerprint density at radius 3 is 2.33 bits per heavy atom. The smallest absolute Gasteiger partial charge is 0.224 e. The molecule has 0 aromatic heterocycles. The highest BCUT2D eigenvalue weighted by Crippen LogP contribution is 1.99. The minimum atomic E-state index is -3.10. The number of unbranched alkanes of at least 4 members (excludes halogenated alkanes) is 1. The Kier molecular flexibility index (Phi) is 4.98. The molecule has 0 unspecified atom stereocenters. The quantitative estimate of drug-likeness (QED) is 0.721. The molecule has 1 aliphatic rings. The molecule has 0 aromatic rings. The second kappa shape index (κ2) is 5.79. The van der Waals surface area contributed by atoms with E-state index in [4.69, 9.17) is 0 Å². The summed E-state index contributed by atoms with van der Waals surface area (Å²) in [6.07, 6.45) is 1.63. The topological polar surface area (TPSA) is 52.7 Å². The first-order chi connectivity index (χ1) is 7.03. The fraction of sp³-hybridized carbons (Fsp3) is 1.00. The molecular formula is C9H21N3O2S. The number of nitrogens with zero attached hydrogens (tertiary/aromatic N) is 2. The Hall–Kier alpha value is -0.170. The third kappa shape index (κ3) is 4.92. The van der Waals surface area contributed by atoms with E-state index in [1.807, 2.05) is 14.0 Å². The lowest BCUT2D eigenvalue weighted by Crippen LogP contribution is -2.52. The molecule has 90 valence electrons. The zero-order valence-corrected chi connectivity index (χ0v) is 10.4. The van der Waals surface area contributed by atoms with E-state index in [1.165, 1.54) is 0 Å². The van der Waals surface area contributed by atoms with Crippen molar-refractivity contribution in [3.8, 4) is 0 Å². The van der Waals surface area contributed by atoms with Crippen LogP contribution in [-0.2, 0) is 10.0 Å². The number of hydrogen-bond donors (Lipinski definition) is 1. The average molecular weight is 235 g/mol. The molecule has 0 spiro atoms. The Morgan fingerprint density at radius 1 is 1.20 bits per heavy atom. The molecule has 0 bridgehead atoms. The molecule has 0 radical (unpaired) electrons. The van der Waals surface area contributed by atoms with Gasteiger partial charge in [-0.3, -0.25) is 0 Å². The van der Waals surface area contributed by atoms with Crippen LogP contribution in [0.25, 0.3) is 0 Å². The van der Waals surface area contributed by atoms with Crippen molar-refractivity contribution in [2.75, 3.05) is 39.0 Å². The SMILES string of the molecule is CCCCS(=O)(=O)NN1CCN(C)CC1. The van der Waals surface area contributed by atoms with E-state index in [-0.39, 0.29) is 5.75 Å². The van der Waals surface area contributed by atoms with Crippen LogP contribution < -0.4 is 4.83 Å². The van der Waals surface area contributed by atoms with Gasteiger partial charge in [0.25, 0.3) is 0 Å². The predicted octanol–water partition coefficient (Wildman–Crippen LogP) is -0.132. The highest BCUT2D eigenvalue weighted by molar-refractivity contribution is 7.89. The van der Waals surface area contributed by atoms with E-state index in [9.17, 15) is 8.42 Å². The molecule has 1 aliphatic heterocycles.